The van der Waals surface area contributed by atoms with E-state index in [2.05, 4.69) is 17.2 Å². The molecule has 1 aromatic rings. The van der Waals surface area contributed by atoms with Crippen molar-refractivity contribution in [2.45, 2.75) is 38.5 Å². The lowest BCUT2D eigenvalue weighted by Gasteiger charge is -2.15. The molecule has 5 heteroatoms. The van der Waals surface area contributed by atoms with Gasteiger partial charge in [-0.25, -0.2) is 4.98 Å². The van der Waals surface area contributed by atoms with Crippen molar-refractivity contribution in [3.05, 3.63) is 16.1 Å². The van der Waals surface area contributed by atoms with Crippen LogP contribution < -0.4 is 5.32 Å². The molecule has 1 aliphatic carbocycles. The smallest absolute Gasteiger partial charge is 0.226 e. The van der Waals surface area contributed by atoms with Crippen molar-refractivity contribution in [2.75, 3.05) is 6.54 Å². The SMILES string of the molecule is CC1CCCC1CNC(=O)Cc1nc(CCl)cs1. The van der Waals surface area contributed by atoms with Gasteiger partial charge < -0.3 is 5.32 Å². The predicted molar refractivity (Wildman–Crippen MR) is 74.9 cm³/mol. The molecule has 0 radical (unpaired) electrons. The zero-order valence-electron chi connectivity index (χ0n) is 10.6. The third-order valence-electron chi connectivity index (χ3n) is 3.65. The van der Waals surface area contributed by atoms with E-state index in [0.717, 1.165) is 23.2 Å². The van der Waals surface area contributed by atoms with Crippen LogP contribution in [0.15, 0.2) is 5.38 Å². The minimum atomic E-state index is 0.0737. The minimum absolute atomic E-state index is 0.0737. The van der Waals surface area contributed by atoms with Crippen molar-refractivity contribution < 1.29 is 4.79 Å². The molecule has 1 N–H and O–H groups in total. The van der Waals surface area contributed by atoms with Crippen LogP contribution in [-0.2, 0) is 17.1 Å². The Balaban J connectivity index is 1.74. The van der Waals surface area contributed by atoms with E-state index < -0.39 is 0 Å². The molecule has 1 aromatic heterocycles. The van der Waals surface area contributed by atoms with Gasteiger partial charge in [-0.3, -0.25) is 4.79 Å². The van der Waals surface area contributed by atoms with Gasteiger partial charge >= 0.3 is 0 Å². The number of halogens is 1. The summed E-state index contributed by atoms with van der Waals surface area (Å²) in [6, 6.07) is 0. The van der Waals surface area contributed by atoms with Gasteiger partial charge in [-0.05, 0) is 18.3 Å². The average Bonchev–Trinajstić information content (AvgIpc) is 2.96. The number of aromatic nitrogens is 1. The molecule has 0 bridgehead atoms. The predicted octanol–water partition coefficient (Wildman–Crippen LogP) is 2.98. The molecule has 0 aliphatic heterocycles. The van der Waals surface area contributed by atoms with E-state index >= 15 is 0 Å². The zero-order valence-corrected chi connectivity index (χ0v) is 12.2. The number of alkyl halides is 1. The van der Waals surface area contributed by atoms with Gasteiger partial charge in [0.1, 0.15) is 5.01 Å². The summed E-state index contributed by atoms with van der Waals surface area (Å²) in [7, 11) is 0. The molecule has 1 aliphatic rings. The fourth-order valence-electron chi connectivity index (χ4n) is 2.46. The van der Waals surface area contributed by atoms with E-state index in [1.54, 1.807) is 0 Å². The van der Waals surface area contributed by atoms with Gasteiger partial charge in [0.05, 0.1) is 18.0 Å². The number of nitrogens with one attached hydrogen (secondary N) is 1. The van der Waals surface area contributed by atoms with E-state index in [-0.39, 0.29) is 5.91 Å². The van der Waals surface area contributed by atoms with Crippen LogP contribution in [0.5, 0.6) is 0 Å². The lowest BCUT2D eigenvalue weighted by Crippen LogP contribution is -2.31. The Morgan fingerprint density at radius 2 is 2.44 bits per heavy atom. The van der Waals surface area contributed by atoms with Crippen LogP contribution in [-0.4, -0.2) is 17.4 Å². The fourth-order valence-corrected chi connectivity index (χ4v) is 3.48. The first-order valence-corrected chi connectivity index (χ1v) is 7.86. The standard InChI is InChI=1S/C13H19ClN2OS/c1-9-3-2-4-10(9)7-15-12(17)5-13-16-11(6-14)8-18-13/h8-10H,2-7H2,1H3,(H,15,17). The Morgan fingerprint density at radius 3 is 3.06 bits per heavy atom. The van der Waals surface area contributed by atoms with Gasteiger partial charge in [-0.15, -0.1) is 22.9 Å². The van der Waals surface area contributed by atoms with Crippen molar-refractivity contribution >= 4 is 28.8 Å². The number of nitrogens with zero attached hydrogens (tertiary/aromatic N) is 1. The molecule has 1 saturated carbocycles. The van der Waals surface area contributed by atoms with Crippen molar-refractivity contribution in [3.8, 4) is 0 Å². The zero-order chi connectivity index (χ0) is 13.0. The Kier molecular flexibility index (Phi) is 5.01. The van der Waals surface area contributed by atoms with Gasteiger partial charge in [0.2, 0.25) is 5.91 Å². The van der Waals surface area contributed by atoms with Crippen molar-refractivity contribution in [1.29, 1.82) is 0 Å². The summed E-state index contributed by atoms with van der Waals surface area (Å²) in [5, 5.41) is 5.79. The second-order valence-electron chi connectivity index (χ2n) is 5.02. The van der Waals surface area contributed by atoms with Gasteiger partial charge in [-0.1, -0.05) is 19.8 Å². The largest absolute Gasteiger partial charge is 0.355 e. The number of rotatable bonds is 5. The minimum Gasteiger partial charge on any atom is -0.355 e. The van der Waals surface area contributed by atoms with E-state index in [0.29, 0.717) is 18.2 Å². The number of hydrogen-bond acceptors (Lipinski definition) is 3. The first-order chi connectivity index (χ1) is 8.69. The molecule has 2 unspecified atom stereocenters. The maximum Gasteiger partial charge on any atom is 0.226 e. The first kappa shape index (κ1) is 13.8. The maximum absolute atomic E-state index is 11.8. The molecule has 18 heavy (non-hydrogen) atoms. The highest BCUT2D eigenvalue weighted by Crippen LogP contribution is 2.30. The summed E-state index contributed by atoms with van der Waals surface area (Å²) < 4.78 is 0. The van der Waals surface area contributed by atoms with Crippen LogP contribution in [0, 0.1) is 11.8 Å². The second kappa shape index (κ2) is 6.53. The summed E-state index contributed by atoms with van der Waals surface area (Å²) in [6.45, 7) is 3.09. The third-order valence-corrected chi connectivity index (χ3v) is 4.82. The molecule has 0 saturated heterocycles. The van der Waals surface area contributed by atoms with Gasteiger partial charge in [0.15, 0.2) is 0 Å². The summed E-state index contributed by atoms with van der Waals surface area (Å²) in [6.07, 6.45) is 4.22. The van der Waals surface area contributed by atoms with Crippen molar-refractivity contribution in [3.63, 3.8) is 0 Å². The lowest BCUT2D eigenvalue weighted by molar-refractivity contribution is -0.120. The quantitative estimate of drug-likeness (QED) is 0.846. The van der Waals surface area contributed by atoms with Crippen LogP contribution in [0.3, 0.4) is 0 Å². The lowest BCUT2D eigenvalue weighted by atomic mass is 9.98. The first-order valence-electron chi connectivity index (χ1n) is 6.45. The summed E-state index contributed by atoms with van der Waals surface area (Å²) in [5.41, 5.74) is 0.855. The van der Waals surface area contributed by atoms with E-state index in [1.807, 2.05) is 5.38 Å². The third kappa shape index (κ3) is 3.69. The number of hydrogen-bond donors (Lipinski definition) is 1. The van der Waals surface area contributed by atoms with Crippen LogP contribution in [0.4, 0.5) is 0 Å². The monoisotopic (exact) mass is 286 g/mol. The molecular weight excluding hydrogens is 268 g/mol. The highest BCUT2D eigenvalue weighted by molar-refractivity contribution is 7.09. The number of carbonyl (C=O) groups is 1. The fraction of sp³-hybridized carbons (Fsp3) is 0.692. The Bertz CT molecular complexity index is 407. The van der Waals surface area contributed by atoms with E-state index in [1.165, 1.54) is 30.6 Å². The van der Waals surface area contributed by atoms with Crippen molar-refractivity contribution in [1.82, 2.24) is 10.3 Å². The highest BCUT2D eigenvalue weighted by Gasteiger charge is 2.23. The van der Waals surface area contributed by atoms with Gasteiger partial charge in [0, 0.05) is 11.9 Å². The molecule has 3 nitrogen and oxygen atoms in total. The molecule has 0 spiro atoms. The molecule has 100 valence electrons. The van der Waals surface area contributed by atoms with Crippen LogP contribution in [0.2, 0.25) is 0 Å². The second-order valence-corrected chi connectivity index (χ2v) is 6.23. The highest BCUT2D eigenvalue weighted by atomic mass is 35.5. The summed E-state index contributed by atoms with van der Waals surface area (Å²) >= 11 is 7.19. The van der Waals surface area contributed by atoms with Crippen molar-refractivity contribution in [2.24, 2.45) is 11.8 Å². The number of amides is 1. The Labute approximate surface area is 117 Å². The molecular formula is C13H19ClN2OS. The molecule has 1 fully saturated rings. The molecule has 1 heterocycles. The molecule has 2 rings (SSSR count). The Hall–Kier alpha value is -0.610. The number of thiazole rings is 1. The normalized spacial score (nSPS) is 23.2. The Morgan fingerprint density at radius 1 is 1.61 bits per heavy atom. The maximum atomic E-state index is 11.8. The topological polar surface area (TPSA) is 42.0 Å². The summed E-state index contributed by atoms with van der Waals surface area (Å²) in [5.74, 6) is 1.89. The van der Waals surface area contributed by atoms with Crippen LogP contribution in [0.25, 0.3) is 0 Å². The van der Waals surface area contributed by atoms with Gasteiger partial charge in [0.25, 0.3) is 0 Å². The van der Waals surface area contributed by atoms with E-state index in [9.17, 15) is 4.79 Å². The molecule has 1 amide bonds. The number of carbonyl (C=O) groups excluding carboxylic acids is 1. The van der Waals surface area contributed by atoms with E-state index in [4.69, 9.17) is 11.6 Å². The molecule has 0 aromatic carbocycles. The van der Waals surface area contributed by atoms with Crippen LogP contribution in [0.1, 0.15) is 36.9 Å². The van der Waals surface area contributed by atoms with Gasteiger partial charge in [-0.2, -0.15) is 0 Å². The van der Waals surface area contributed by atoms with Crippen LogP contribution >= 0.6 is 22.9 Å². The average molecular weight is 287 g/mol. The summed E-state index contributed by atoms with van der Waals surface area (Å²) in [4.78, 5) is 16.1. The molecule has 2 atom stereocenters.